The van der Waals surface area contributed by atoms with Gasteiger partial charge in [0.15, 0.2) is 0 Å². The van der Waals surface area contributed by atoms with Crippen molar-refractivity contribution in [1.82, 2.24) is 24.9 Å². The Morgan fingerprint density at radius 3 is 2.94 bits per heavy atom. The number of hydrazine groups is 1. The summed E-state index contributed by atoms with van der Waals surface area (Å²) in [6, 6.07) is 1.44. The summed E-state index contributed by atoms with van der Waals surface area (Å²) in [7, 11) is 1.56. The maximum Gasteiger partial charge on any atom is 0.216 e. The van der Waals surface area contributed by atoms with E-state index in [4.69, 9.17) is 10.6 Å². The van der Waals surface area contributed by atoms with E-state index in [1.54, 1.807) is 19.4 Å². The fourth-order valence-corrected chi connectivity index (χ4v) is 1.76. The molecule has 2 rings (SSSR count). The molecule has 0 fully saturated rings. The zero-order valence-corrected chi connectivity index (χ0v) is 10.4. The molecule has 0 spiro atoms. The second kappa shape index (κ2) is 5.56. The van der Waals surface area contributed by atoms with Gasteiger partial charge in [0.05, 0.1) is 12.8 Å². The Morgan fingerprint density at radius 2 is 2.28 bits per heavy atom. The van der Waals surface area contributed by atoms with Gasteiger partial charge in [0, 0.05) is 25.0 Å². The van der Waals surface area contributed by atoms with E-state index in [0.29, 0.717) is 11.6 Å². The minimum atomic E-state index is -0.295. The van der Waals surface area contributed by atoms with Gasteiger partial charge in [-0.1, -0.05) is 0 Å². The highest BCUT2D eigenvalue weighted by atomic mass is 16.5. The van der Waals surface area contributed by atoms with E-state index in [2.05, 4.69) is 20.4 Å². The van der Waals surface area contributed by atoms with Crippen LogP contribution >= 0.6 is 0 Å². The number of methoxy groups -OCH3 is 1. The van der Waals surface area contributed by atoms with Crippen LogP contribution in [0.3, 0.4) is 0 Å². The van der Waals surface area contributed by atoms with Crippen LogP contribution < -0.4 is 16.0 Å². The topological polar surface area (TPSA) is 90.9 Å². The molecule has 0 bridgehead atoms. The molecule has 3 N–H and O–H groups in total. The van der Waals surface area contributed by atoms with Crippen molar-refractivity contribution in [2.45, 2.75) is 19.5 Å². The Labute approximate surface area is 105 Å². The van der Waals surface area contributed by atoms with Gasteiger partial charge in [-0.3, -0.25) is 5.84 Å². The Kier molecular flexibility index (Phi) is 3.85. The van der Waals surface area contributed by atoms with Gasteiger partial charge in [0.1, 0.15) is 18.2 Å². The number of aromatic nitrogens is 4. The minimum absolute atomic E-state index is 0.295. The van der Waals surface area contributed by atoms with E-state index in [0.717, 1.165) is 12.4 Å². The van der Waals surface area contributed by atoms with E-state index in [1.807, 2.05) is 17.7 Å². The number of nitrogens with zero attached hydrogens (tertiary/aromatic N) is 4. The molecule has 1 unspecified atom stereocenters. The molecular weight excluding hydrogens is 232 g/mol. The molecule has 7 heteroatoms. The number of nitrogens with one attached hydrogen (secondary N) is 1. The molecule has 18 heavy (non-hydrogen) atoms. The zero-order chi connectivity index (χ0) is 13.0. The first kappa shape index (κ1) is 12.5. The molecule has 0 radical (unpaired) electrons. The molecule has 0 saturated carbocycles. The van der Waals surface area contributed by atoms with E-state index in [-0.39, 0.29) is 6.04 Å². The van der Waals surface area contributed by atoms with Crippen LogP contribution in [-0.4, -0.2) is 26.6 Å². The van der Waals surface area contributed by atoms with Gasteiger partial charge in [0.2, 0.25) is 5.88 Å². The van der Waals surface area contributed by atoms with E-state index < -0.39 is 0 Å². The highest BCUT2D eigenvalue weighted by Gasteiger charge is 2.19. The lowest BCUT2D eigenvalue weighted by atomic mass is 10.2. The molecular formula is C11H16N6O. The molecule has 2 aromatic heterocycles. The van der Waals surface area contributed by atoms with Crippen molar-refractivity contribution in [1.29, 1.82) is 0 Å². The predicted octanol–water partition coefficient (Wildman–Crippen LogP) is 0.254. The standard InChI is InChI=1S/C11H16N6O/c1-3-17-5-4-13-11(17)10(16-12)8-6-9(18-2)15-7-14-8/h4-7,10,16H,3,12H2,1-2H3. The molecule has 1 atom stereocenters. The average molecular weight is 248 g/mol. The fourth-order valence-electron chi connectivity index (χ4n) is 1.76. The lowest BCUT2D eigenvalue weighted by Gasteiger charge is -2.16. The Morgan fingerprint density at radius 1 is 1.44 bits per heavy atom. The SMILES string of the molecule is CCn1ccnc1C(NN)c1cc(OC)ncn1. The first-order valence-corrected chi connectivity index (χ1v) is 5.63. The third-order valence-electron chi connectivity index (χ3n) is 2.68. The molecule has 0 aliphatic heterocycles. The first-order chi connectivity index (χ1) is 8.80. The van der Waals surface area contributed by atoms with Crippen LogP contribution in [0.15, 0.2) is 24.8 Å². The summed E-state index contributed by atoms with van der Waals surface area (Å²) in [5, 5.41) is 0. The minimum Gasteiger partial charge on any atom is -0.481 e. The average Bonchev–Trinajstić information content (AvgIpc) is 2.88. The van der Waals surface area contributed by atoms with Crippen molar-refractivity contribution in [3.63, 3.8) is 0 Å². The second-order valence-corrected chi connectivity index (χ2v) is 3.66. The molecule has 96 valence electrons. The molecule has 0 aliphatic rings. The quantitative estimate of drug-likeness (QED) is 0.582. The van der Waals surface area contributed by atoms with Crippen LogP contribution in [0, 0.1) is 0 Å². The normalized spacial score (nSPS) is 12.4. The third-order valence-corrected chi connectivity index (χ3v) is 2.68. The summed E-state index contributed by atoms with van der Waals surface area (Å²) >= 11 is 0. The van der Waals surface area contributed by atoms with Gasteiger partial charge < -0.3 is 9.30 Å². The lowest BCUT2D eigenvalue weighted by molar-refractivity contribution is 0.394. The summed E-state index contributed by atoms with van der Waals surface area (Å²) in [6.45, 7) is 2.86. The lowest BCUT2D eigenvalue weighted by Crippen LogP contribution is -2.31. The van der Waals surface area contributed by atoms with Gasteiger partial charge in [-0.25, -0.2) is 20.4 Å². The summed E-state index contributed by atoms with van der Waals surface area (Å²) in [4.78, 5) is 12.5. The molecule has 0 aliphatic carbocycles. The van der Waals surface area contributed by atoms with Crippen LogP contribution in [-0.2, 0) is 6.54 Å². The van der Waals surface area contributed by atoms with Gasteiger partial charge in [0.25, 0.3) is 0 Å². The number of ether oxygens (including phenoxy) is 1. The van der Waals surface area contributed by atoms with Gasteiger partial charge >= 0.3 is 0 Å². The molecule has 0 saturated heterocycles. The number of rotatable bonds is 5. The van der Waals surface area contributed by atoms with Crippen LogP contribution in [0.4, 0.5) is 0 Å². The Hall–Kier alpha value is -1.99. The Balaban J connectivity index is 2.38. The van der Waals surface area contributed by atoms with Crippen LogP contribution in [0.2, 0.25) is 0 Å². The van der Waals surface area contributed by atoms with Gasteiger partial charge in [-0.15, -0.1) is 0 Å². The van der Waals surface area contributed by atoms with Crippen LogP contribution in [0.1, 0.15) is 24.5 Å². The van der Waals surface area contributed by atoms with Crippen LogP contribution in [0.5, 0.6) is 5.88 Å². The molecule has 0 aromatic carbocycles. The summed E-state index contributed by atoms with van der Waals surface area (Å²) < 4.78 is 7.08. The highest BCUT2D eigenvalue weighted by molar-refractivity contribution is 5.22. The number of hydrogen-bond donors (Lipinski definition) is 2. The van der Waals surface area contributed by atoms with Crippen molar-refractivity contribution in [3.05, 3.63) is 36.3 Å². The van der Waals surface area contributed by atoms with E-state index in [1.165, 1.54) is 6.33 Å². The summed E-state index contributed by atoms with van der Waals surface area (Å²) in [5.41, 5.74) is 3.43. The van der Waals surface area contributed by atoms with E-state index >= 15 is 0 Å². The van der Waals surface area contributed by atoms with Crippen molar-refractivity contribution in [2.24, 2.45) is 5.84 Å². The maximum absolute atomic E-state index is 5.61. The molecule has 2 heterocycles. The highest BCUT2D eigenvalue weighted by Crippen LogP contribution is 2.20. The predicted molar refractivity (Wildman–Crippen MR) is 65.7 cm³/mol. The third kappa shape index (κ3) is 2.31. The molecule has 2 aromatic rings. The van der Waals surface area contributed by atoms with Crippen LogP contribution in [0.25, 0.3) is 0 Å². The maximum atomic E-state index is 5.61. The fraction of sp³-hybridized carbons (Fsp3) is 0.364. The summed E-state index contributed by atoms with van der Waals surface area (Å²) in [6.07, 6.45) is 5.08. The monoisotopic (exact) mass is 248 g/mol. The van der Waals surface area contributed by atoms with Crippen molar-refractivity contribution < 1.29 is 4.74 Å². The Bertz CT molecular complexity index is 512. The first-order valence-electron chi connectivity index (χ1n) is 5.63. The number of hydrogen-bond acceptors (Lipinski definition) is 6. The zero-order valence-electron chi connectivity index (χ0n) is 10.4. The largest absolute Gasteiger partial charge is 0.481 e. The molecule has 0 amide bonds. The van der Waals surface area contributed by atoms with Crippen molar-refractivity contribution >= 4 is 0 Å². The number of imidazole rings is 1. The molecule has 7 nitrogen and oxygen atoms in total. The van der Waals surface area contributed by atoms with Gasteiger partial charge in [-0.2, -0.15) is 0 Å². The smallest absolute Gasteiger partial charge is 0.216 e. The number of nitrogens with two attached hydrogens (primary N) is 1. The van der Waals surface area contributed by atoms with Gasteiger partial charge in [-0.05, 0) is 6.92 Å². The summed E-state index contributed by atoms with van der Waals surface area (Å²) in [5.74, 6) is 6.91. The van der Waals surface area contributed by atoms with Crippen molar-refractivity contribution in [3.8, 4) is 5.88 Å². The van der Waals surface area contributed by atoms with E-state index in [9.17, 15) is 0 Å². The number of aryl methyl sites for hydroxylation is 1. The second-order valence-electron chi connectivity index (χ2n) is 3.66. The van der Waals surface area contributed by atoms with Crippen molar-refractivity contribution in [2.75, 3.05) is 7.11 Å².